The predicted molar refractivity (Wildman–Crippen MR) is 136 cm³/mol. The Hall–Kier alpha value is -3.39. The standard InChI is InChI=1S/C24H26ClF3N8O2/c1-35-23(31-18-6-5-17-16(20(18)25)10-29-33-17)32-21(34-35)13-3-4-15(19(9-13)38-2)22(37)30-14-7-8-36(11-14)12-24(26,27)28/h3-6,9-10,14,22,30,37H,7-8,11-12H2,1-2H3,(H,29,33)(H,31,32,34). The Balaban J connectivity index is 1.30. The van der Waals surface area contributed by atoms with E-state index in [1.54, 1.807) is 36.1 Å². The second-order valence-corrected chi connectivity index (χ2v) is 9.51. The molecule has 0 spiro atoms. The van der Waals surface area contributed by atoms with Crippen LogP contribution in [0, 0.1) is 0 Å². The van der Waals surface area contributed by atoms with Crippen molar-refractivity contribution in [1.82, 2.24) is 35.2 Å². The second-order valence-electron chi connectivity index (χ2n) is 9.13. The van der Waals surface area contributed by atoms with Gasteiger partial charge in [-0.25, -0.2) is 4.68 Å². The van der Waals surface area contributed by atoms with Crippen LogP contribution < -0.4 is 15.4 Å². The number of nitrogens with zero attached hydrogens (tertiary/aromatic N) is 5. The first-order valence-electron chi connectivity index (χ1n) is 11.8. The first-order chi connectivity index (χ1) is 18.1. The number of alkyl halides is 3. The number of aromatic amines is 1. The summed E-state index contributed by atoms with van der Waals surface area (Å²) in [7, 11) is 3.22. The minimum atomic E-state index is -4.25. The van der Waals surface area contributed by atoms with Gasteiger partial charge in [0, 0.05) is 42.7 Å². The van der Waals surface area contributed by atoms with Gasteiger partial charge >= 0.3 is 6.18 Å². The molecule has 0 amide bonds. The van der Waals surface area contributed by atoms with E-state index in [-0.39, 0.29) is 12.6 Å². The van der Waals surface area contributed by atoms with Gasteiger partial charge in [0.25, 0.3) is 0 Å². The number of halogens is 4. The zero-order valence-electron chi connectivity index (χ0n) is 20.6. The first kappa shape index (κ1) is 26.2. The first-order valence-corrected chi connectivity index (χ1v) is 12.2. The van der Waals surface area contributed by atoms with Crippen LogP contribution in [0.2, 0.25) is 5.02 Å². The van der Waals surface area contributed by atoms with Crippen molar-refractivity contribution >= 4 is 34.1 Å². The van der Waals surface area contributed by atoms with Gasteiger partial charge in [-0.2, -0.15) is 23.3 Å². The highest BCUT2D eigenvalue weighted by Crippen LogP contribution is 2.33. The molecule has 5 rings (SSSR count). The Morgan fingerprint density at radius 2 is 2.11 bits per heavy atom. The summed E-state index contributed by atoms with van der Waals surface area (Å²) in [5.41, 5.74) is 2.56. The minimum Gasteiger partial charge on any atom is -0.496 e. The maximum atomic E-state index is 12.7. The molecule has 2 unspecified atom stereocenters. The maximum Gasteiger partial charge on any atom is 0.401 e. The normalized spacial score (nSPS) is 17.3. The van der Waals surface area contributed by atoms with E-state index in [1.807, 2.05) is 12.1 Å². The summed E-state index contributed by atoms with van der Waals surface area (Å²) >= 11 is 6.51. The zero-order chi connectivity index (χ0) is 27.0. The van der Waals surface area contributed by atoms with Gasteiger partial charge in [-0.1, -0.05) is 23.7 Å². The lowest BCUT2D eigenvalue weighted by atomic mass is 10.1. The molecule has 1 saturated heterocycles. The molecule has 2 atom stereocenters. The number of aryl methyl sites for hydroxylation is 1. The number of aromatic nitrogens is 5. The number of hydrogen-bond donors (Lipinski definition) is 4. The van der Waals surface area contributed by atoms with E-state index in [4.69, 9.17) is 16.3 Å². The summed E-state index contributed by atoms with van der Waals surface area (Å²) in [5.74, 6) is 1.27. The lowest BCUT2D eigenvalue weighted by molar-refractivity contribution is -0.143. The van der Waals surface area contributed by atoms with Crippen LogP contribution >= 0.6 is 11.6 Å². The number of aliphatic hydroxyl groups is 1. The number of anilines is 2. The van der Waals surface area contributed by atoms with E-state index in [1.165, 1.54) is 12.0 Å². The summed E-state index contributed by atoms with van der Waals surface area (Å²) < 4.78 is 45.1. The van der Waals surface area contributed by atoms with Gasteiger partial charge < -0.3 is 15.2 Å². The van der Waals surface area contributed by atoms with Gasteiger partial charge in [-0.15, -0.1) is 5.10 Å². The summed E-state index contributed by atoms with van der Waals surface area (Å²) in [6, 6.07) is 8.52. The molecular formula is C24H26ClF3N8O2. The van der Waals surface area contributed by atoms with E-state index in [2.05, 4.69) is 30.9 Å². The highest BCUT2D eigenvalue weighted by Gasteiger charge is 2.35. The molecule has 38 heavy (non-hydrogen) atoms. The average molecular weight is 551 g/mol. The molecule has 0 bridgehead atoms. The molecular weight excluding hydrogens is 525 g/mol. The number of aliphatic hydroxyl groups excluding tert-OH is 1. The third-order valence-electron chi connectivity index (χ3n) is 6.42. The number of likely N-dealkylation sites (tertiary alicyclic amines) is 1. The lowest BCUT2D eigenvalue weighted by Gasteiger charge is -2.22. The Kier molecular flexibility index (Phi) is 7.18. The SMILES string of the molecule is COc1cc(-c2nc(Nc3ccc4[nH]ncc4c3Cl)n(C)n2)ccc1C(O)NC1CCN(CC(F)(F)F)C1. The van der Waals surface area contributed by atoms with Crippen molar-refractivity contribution in [2.75, 3.05) is 32.1 Å². The molecule has 1 fully saturated rings. The topological polar surface area (TPSA) is 116 Å². The summed E-state index contributed by atoms with van der Waals surface area (Å²) in [4.78, 5) is 5.91. The third kappa shape index (κ3) is 5.55. The number of H-pyrrole nitrogens is 1. The largest absolute Gasteiger partial charge is 0.496 e. The van der Waals surface area contributed by atoms with Gasteiger partial charge in [0.2, 0.25) is 5.95 Å². The monoisotopic (exact) mass is 550 g/mol. The molecule has 1 aliphatic rings. The summed E-state index contributed by atoms with van der Waals surface area (Å²) in [5, 5.41) is 29.6. The van der Waals surface area contributed by atoms with Crippen LogP contribution in [0.25, 0.3) is 22.3 Å². The van der Waals surface area contributed by atoms with Crippen molar-refractivity contribution in [3.05, 3.63) is 47.1 Å². The van der Waals surface area contributed by atoms with Crippen LogP contribution in [-0.2, 0) is 7.05 Å². The van der Waals surface area contributed by atoms with E-state index in [0.29, 0.717) is 52.3 Å². The van der Waals surface area contributed by atoms with Gasteiger partial charge in [-0.3, -0.25) is 15.3 Å². The minimum absolute atomic E-state index is 0.197. The molecule has 2 aromatic heterocycles. The highest BCUT2D eigenvalue weighted by atomic mass is 35.5. The highest BCUT2D eigenvalue weighted by molar-refractivity contribution is 6.38. The summed E-state index contributed by atoms with van der Waals surface area (Å²) in [6.45, 7) is -0.456. The fourth-order valence-corrected chi connectivity index (χ4v) is 4.83. The predicted octanol–water partition coefficient (Wildman–Crippen LogP) is 3.98. The molecule has 2 aromatic carbocycles. The quantitative estimate of drug-likeness (QED) is 0.244. The van der Waals surface area contributed by atoms with Crippen LogP contribution in [-0.4, -0.2) is 73.9 Å². The second kappa shape index (κ2) is 10.4. The van der Waals surface area contributed by atoms with Crippen molar-refractivity contribution in [2.24, 2.45) is 7.05 Å². The fraction of sp³-hybridized carbons (Fsp3) is 0.375. The molecule has 14 heteroatoms. The maximum absolute atomic E-state index is 12.7. The van der Waals surface area contributed by atoms with Crippen LogP contribution in [0.3, 0.4) is 0 Å². The van der Waals surface area contributed by atoms with Gasteiger partial charge in [0.15, 0.2) is 5.82 Å². The van der Waals surface area contributed by atoms with Crippen molar-refractivity contribution in [3.63, 3.8) is 0 Å². The Morgan fingerprint density at radius 1 is 1.29 bits per heavy atom. The van der Waals surface area contributed by atoms with Gasteiger partial charge in [0.05, 0.1) is 36.1 Å². The Morgan fingerprint density at radius 3 is 2.87 bits per heavy atom. The molecule has 4 aromatic rings. The molecule has 0 saturated carbocycles. The molecule has 1 aliphatic heterocycles. The lowest BCUT2D eigenvalue weighted by Crippen LogP contribution is -2.38. The average Bonchev–Trinajstić information content (AvgIpc) is 3.60. The van der Waals surface area contributed by atoms with E-state index >= 15 is 0 Å². The fourth-order valence-electron chi connectivity index (χ4n) is 4.57. The van der Waals surface area contributed by atoms with E-state index in [9.17, 15) is 18.3 Å². The molecule has 0 aliphatic carbocycles. The van der Waals surface area contributed by atoms with Crippen molar-refractivity contribution in [3.8, 4) is 17.1 Å². The summed E-state index contributed by atoms with van der Waals surface area (Å²) in [6.07, 6.45) is -3.23. The number of hydrogen-bond acceptors (Lipinski definition) is 8. The molecule has 202 valence electrons. The number of benzene rings is 2. The number of fused-ring (bicyclic) bond motifs is 1. The molecule has 10 nitrogen and oxygen atoms in total. The van der Waals surface area contributed by atoms with Crippen LogP contribution in [0.5, 0.6) is 5.75 Å². The van der Waals surface area contributed by atoms with E-state index < -0.39 is 18.9 Å². The number of ether oxygens (including phenoxy) is 1. The van der Waals surface area contributed by atoms with Gasteiger partial charge in [0.1, 0.15) is 12.0 Å². The van der Waals surface area contributed by atoms with Crippen molar-refractivity contribution < 1.29 is 23.0 Å². The van der Waals surface area contributed by atoms with Crippen LogP contribution in [0.4, 0.5) is 24.8 Å². The smallest absolute Gasteiger partial charge is 0.401 e. The van der Waals surface area contributed by atoms with Crippen LogP contribution in [0.15, 0.2) is 36.5 Å². The zero-order valence-corrected chi connectivity index (χ0v) is 21.3. The Labute approximate surface area is 220 Å². The van der Waals surface area contributed by atoms with Crippen molar-refractivity contribution in [2.45, 2.75) is 24.9 Å². The molecule has 4 N–H and O–H groups in total. The van der Waals surface area contributed by atoms with E-state index in [0.717, 1.165) is 10.9 Å². The van der Waals surface area contributed by atoms with Crippen LogP contribution in [0.1, 0.15) is 18.2 Å². The van der Waals surface area contributed by atoms with Gasteiger partial charge in [-0.05, 0) is 24.6 Å². The number of nitrogens with one attached hydrogen (secondary N) is 3. The number of rotatable bonds is 8. The molecule has 0 radical (unpaired) electrons. The molecule has 3 heterocycles. The Bertz CT molecular complexity index is 1440. The van der Waals surface area contributed by atoms with Crippen molar-refractivity contribution in [1.29, 1.82) is 0 Å². The third-order valence-corrected chi connectivity index (χ3v) is 6.83. The number of methoxy groups -OCH3 is 1.